The van der Waals surface area contributed by atoms with Gasteiger partial charge in [-0.25, -0.2) is 8.42 Å². The van der Waals surface area contributed by atoms with Crippen molar-refractivity contribution in [1.29, 1.82) is 0 Å². The molecule has 25 heavy (non-hydrogen) atoms. The maximum Gasteiger partial charge on any atom is 0.243 e. The number of rotatable bonds is 6. The number of benzene rings is 3. The first-order valence-electron chi connectivity index (χ1n) is 8.25. The Balaban J connectivity index is 2.03. The fourth-order valence-corrected chi connectivity index (χ4v) is 4.45. The molecule has 3 aromatic carbocycles. The van der Waals surface area contributed by atoms with E-state index in [-0.39, 0.29) is 6.04 Å². The molecule has 0 unspecified atom stereocenters. The van der Waals surface area contributed by atoms with E-state index < -0.39 is 10.0 Å². The average molecular weight is 351 g/mol. The molecule has 0 aliphatic carbocycles. The molecule has 0 radical (unpaired) electrons. The minimum atomic E-state index is -3.61. The van der Waals surface area contributed by atoms with Crippen molar-refractivity contribution >= 4 is 10.0 Å². The van der Waals surface area contributed by atoms with Crippen LogP contribution in [0, 0.1) is 0 Å². The van der Waals surface area contributed by atoms with Crippen molar-refractivity contribution in [2.45, 2.75) is 24.4 Å². The Morgan fingerprint density at radius 3 is 1.80 bits per heavy atom. The van der Waals surface area contributed by atoms with Crippen molar-refractivity contribution in [1.82, 2.24) is 4.31 Å². The standard InChI is InChI=1S/C21H21NO2S/c1-18(20-13-7-3-8-14-20)22(17-19-11-5-2-6-12-19)25(23,24)21-15-9-4-10-16-21/h2-16,18H,17H2,1H3/t18-/m1/s1. The van der Waals surface area contributed by atoms with E-state index in [9.17, 15) is 8.42 Å². The normalized spacial score (nSPS) is 12.9. The summed E-state index contributed by atoms with van der Waals surface area (Å²) in [6, 6.07) is 27.7. The highest BCUT2D eigenvalue weighted by Crippen LogP contribution is 2.29. The average Bonchev–Trinajstić information content (AvgIpc) is 2.67. The van der Waals surface area contributed by atoms with Crippen LogP contribution in [0.1, 0.15) is 24.1 Å². The number of sulfonamides is 1. The maximum absolute atomic E-state index is 13.3. The quantitative estimate of drug-likeness (QED) is 0.649. The lowest BCUT2D eigenvalue weighted by Gasteiger charge is -2.29. The van der Waals surface area contributed by atoms with Crippen molar-refractivity contribution in [3.8, 4) is 0 Å². The summed E-state index contributed by atoms with van der Waals surface area (Å²) in [5.41, 5.74) is 1.93. The Hall–Kier alpha value is -2.43. The van der Waals surface area contributed by atoms with E-state index in [1.54, 1.807) is 28.6 Å². The van der Waals surface area contributed by atoms with Crippen LogP contribution >= 0.6 is 0 Å². The largest absolute Gasteiger partial charge is 0.243 e. The van der Waals surface area contributed by atoms with E-state index >= 15 is 0 Å². The maximum atomic E-state index is 13.3. The van der Waals surface area contributed by atoms with Crippen molar-refractivity contribution < 1.29 is 8.42 Å². The molecule has 0 aliphatic heterocycles. The lowest BCUT2D eigenvalue weighted by molar-refractivity contribution is 0.336. The smallest absolute Gasteiger partial charge is 0.207 e. The van der Waals surface area contributed by atoms with Crippen LogP contribution in [0.5, 0.6) is 0 Å². The Bertz CT molecular complexity index is 894. The lowest BCUT2D eigenvalue weighted by Crippen LogP contribution is -2.33. The zero-order valence-corrected chi connectivity index (χ0v) is 14.9. The summed E-state index contributed by atoms with van der Waals surface area (Å²) in [6.07, 6.45) is 0. The second-order valence-electron chi connectivity index (χ2n) is 5.94. The third-order valence-corrected chi connectivity index (χ3v) is 6.18. The number of hydrogen-bond acceptors (Lipinski definition) is 2. The Labute approximate surface area is 149 Å². The van der Waals surface area contributed by atoms with E-state index in [0.717, 1.165) is 11.1 Å². The van der Waals surface area contributed by atoms with E-state index in [1.165, 1.54) is 0 Å². The molecular formula is C21H21NO2S. The predicted octanol–water partition coefficient (Wildman–Crippen LogP) is 4.64. The third kappa shape index (κ3) is 3.98. The van der Waals surface area contributed by atoms with E-state index in [0.29, 0.717) is 11.4 Å². The van der Waals surface area contributed by atoms with Crippen LogP contribution in [-0.4, -0.2) is 12.7 Å². The molecule has 0 aliphatic rings. The molecule has 128 valence electrons. The summed E-state index contributed by atoms with van der Waals surface area (Å²) in [4.78, 5) is 0.314. The van der Waals surface area contributed by atoms with Crippen LogP contribution in [0.25, 0.3) is 0 Å². The number of hydrogen-bond donors (Lipinski definition) is 0. The van der Waals surface area contributed by atoms with Gasteiger partial charge in [-0.3, -0.25) is 0 Å². The van der Waals surface area contributed by atoms with Gasteiger partial charge in [0.25, 0.3) is 0 Å². The van der Waals surface area contributed by atoms with Gasteiger partial charge in [0.2, 0.25) is 10.0 Å². The molecule has 0 saturated carbocycles. The monoisotopic (exact) mass is 351 g/mol. The molecule has 4 heteroatoms. The van der Waals surface area contributed by atoms with Crippen LogP contribution in [0.2, 0.25) is 0 Å². The summed E-state index contributed by atoms with van der Waals surface area (Å²) >= 11 is 0. The van der Waals surface area contributed by atoms with Crippen LogP contribution in [0.3, 0.4) is 0 Å². The van der Waals surface area contributed by atoms with Crippen LogP contribution in [0.15, 0.2) is 95.9 Å². The van der Waals surface area contributed by atoms with Crippen molar-refractivity contribution in [3.05, 3.63) is 102 Å². The molecule has 0 fully saturated rings. The van der Waals surface area contributed by atoms with Gasteiger partial charge in [-0.2, -0.15) is 4.31 Å². The Morgan fingerprint density at radius 2 is 1.24 bits per heavy atom. The summed E-state index contributed by atoms with van der Waals surface area (Å²) in [6.45, 7) is 2.26. The van der Waals surface area contributed by atoms with Crippen LogP contribution in [0.4, 0.5) is 0 Å². The van der Waals surface area contributed by atoms with Gasteiger partial charge < -0.3 is 0 Å². The summed E-state index contributed by atoms with van der Waals surface area (Å²) in [7, 11) is -3.61. The molecule has 0 bridgehead atoms. The molecule has 3 aromatic rings. The highest BCUT2D eigenvalue weighted by Gasteiger charge is 2.29. The first-order valence-corrected chi connectivity index (χ1v) is 9.69. The molecule has 0 aromatic heterocycles. The Kier molecular flexibility index (Phi) is 5.31. The minimum absolute atomic E-state index is 0.272. The van der Waals surface area contributed by atoms with Gasteiger partial charge in [0.15, 0.2) is 0 Å². The lowest BCUT2D eigenvalue weighted by atomic mass is 10.1. The van der Waals surface area contributed by atoms with E-state index in [2.05, 4.69) is 0 Å². The summed E-state index contributed by atoms with van der Waals surface area (Å²) in [5.74, 6) is 0. The second-order valence-corrected chi connectivity index (χ2v) is 7.83. The van der Waals surface area contributed by atoms with Gasteiger partial charge in [-0.15, -0.1) is 0 Å². The molecule has 0 amide bonds. The molecular weight excluding hydrogens is 330 g/mol. The molecule has 3 nitrogen and oxygen atoms in total. The van der Waals surface area contributed by atoms with E-state index in [1.807, 2.05) is 73.7 Å². The first kappa shape index (κ1) is 17.4. The fourth-order valence-electron chi connectivity index (χ4n) is 2.82. The van der Waals surface area contributed by atoms with Crippen molar-refractivity contribution in [2.75, 3.05) is 0 Å². The molecule has 0 saturated heterocycles. The summed E-state index contributed by atoms with van der Waals surface area (Å²) in [5, 5.41) is 0. The molecule has 0 N–H and O–H groups in total. The second kappa shape index (κ2) is 7.64. The fraction of sp³-hybridized carbons (Fsp3) is 0.143. The highest BCUT2D eigenvalue weighted by molar-refractivity contribution is 7.89. The van der Waals surface area contributed by atoms with Crippen molar-refractivity contribution in [2.24, 2.45) is 0 Å². The zero-order chi connectivity index (χ0) is 17.7. The van der Waals surface area contributed by atoms with Gasteiger partial charge in [-0.05, 0) is 30.2 Å². The van der Waals surface area contributed by atoms with Gasteiger partial charge in [0.1, 0.15) is 0 Å². The van der Waals surface area contributed by atoms with Crippen LogP contribution in [-0.2, 0) is 16.6 Å². The topological polar surface area (TPSA) is 37.4 Å². The first-order chi connectivity index (χ1) is 12.1. The zero-order valence-electron chi connectivity index (χ0n) is 14.1. The van der Waals surface area contributed by atoms with Gasteiger partial charge >= 0.3 is 0 Å². The summed E-state index contributed by atoms with van der Waals surface area (Å²) < 4.78 is 28.1. The van der Waals surface area contributed by atoms with E-state index in [4.69, 9.17) is 0 Å². The Morgan fingerprint density at radius 1 is 0.760 bits per heavy atom. The molecule has 0 spiro atoms. The SMILES string of the molecule is C[C@H](c1ccccc1)N(Cc1ccccc1)S(=O)(=O)c1ccccc1. The highest BCUT2D eigenvalue weighted by atomic mass is 32.2. The predicted molar refractivity (Wildman–Crippen MR) is 100 cm³/mol. The van der Waals surface area contributed by atoms with Gasteiger partial charge in [0.05, 0.1) is 4.90 Å². The third-order valence-electron chi connectivity index (χ3n) is 4.24. The van der Waals surface area contributed by atoms with Crippen LogP contribution < -0.4 is 0 Å². The van der Waals surface area contributed by atoms with Gasteiger partial charge in [0, 0.05) is 12.6 Å². The minimum Gasteiger partial charge on any atom is -0.207 e. The molecule has 0 heterocycles. The van der Waals surface area contributed by atoms with Crippen molar-refractivity contribution in [3.63, 3.8) is 0 Å². The molecule has 3 rings (SSSR count). The van der Waals surface area contributed by atoms with Gasteiger partial charge in [-0.1, -0.05) is 78.9 Å². The molecule has 1 atom stereocenters. The number of nitrogens with zero attached hydrogens (tertiary/aromatic N) is 1.